The Morgan fingerprint density at radius 2 is 2.09 bits per heavy atom. The molecule has 5 nitrogen and oxygen atoms in total. The van der Waals surface area contributed by atoms with Crippen molar-refractivity contribution in [1.29, 1.82) is 0 Å². The van der Waals surface area contributed by atoms with E-state index in [1.54, 1.807) is 12.1 Å². The van der Waals surface area contributed by atoms with Crippen LogP contribution in [0.3, 0.4) is 0 Å². The van der Waals surface area contributed by atoms with Gasteiger partial charge >= 0.3 is 0 Å². The van der Waals surface area contributed by atoms with Gasteiger partial charge in [-0.15, -0.1) is 11.3 Å². The molecule has 0 aromatic carbocycles. The molecule has 1 aliphatic carbocycles. The van der Waals surface area contributed by atoms with Crippen LogP contribution in [0.1, 0.15) is 42.8 Å². The van der Waals surface area contributed by atoms with Gasteiger partial charge in [0.15, 0.2) is 0 Å². The molecule has 6 heteroatoms. The standard InChI is InChI=1S/C16H24N2O3S/c1-11(2)7-9-21-10-8-17-16(20)13-5-6-14(22-13)18-15(19)12-3-4-12/h5-6,11-12H,3-4,7-10H2,1-2H3,(H,17,20)(H,18,19). The average molecular weight is 324 g/mol. The molecule has 2 N–H and O–H groups in total. The van der Waals surface area contributed by atoms with E-state index in [2.05, 4.69) is 24.5 Å². The zero-order valence-corrected chi connectivity index (χ0v) is 14.0. The summed E-state index contributed by atoms with van der Waals surface area (Å²) in [7, 11) is 0. The van der Waals surface area contributed by atoms with E-state index in [0.717, 1.165) is 30.9 Å². The third kappa shape index (κ3) is 5.77. The first-order chi connectivity index (χ1) is 10.6. The van der Waals surface area contributed by atoms with Crippen LogP contribution in [0, 0.1) is 11.8 Å². The Morgan fingerprint density at radius 1 is 1.32 bits per heavy atom. The van der Waals surface area contributed by atoms with Crippen LogP contribution in [0.5, 0.6) is 0 Å². The van der Waals surface area contributed by atoms with Crippen molar-refractivity contribution >= 4 is 28.2 Å². The molecule has 0 bridgehead atoms. The topological polar surface area (TPSA) is 67.4 Å². The molecule has 122 valence electrons. The van der Waals surface area contributed by atoms with E-state index in [-0.39, 0.29) is 17.7 Å². The van der Waals surface area contributed by atoms with Crippen molar-refractivity contribution in [2.75, 3.05) is 25.1 Å². The van der Waals surface area contributed by atoms with Crippen molar-refractivity contribution in [3.63, 3.8) is 0 Å². The van der Waals surface area contributed by atoms with Crippen molar-refractivity contribution in [1.82, 2.24) is 5.32 Å². The minimum absolute atomic E-state index is 0.0624. The normalized spacial score (nSPS) is 14.1. The van der Waals surface area contributed by atoms with Gasteiger partial charge in [0, 0.05) is 19.1 Å². The highest BCUT2D eigenvalue weighted by atomic mass is 32.1. The number of hydrogen-bond acceptors (Lipinski definition) is 4. The second-order valence-corrected chi connectivity index (χ2v) is 7.06. The van der Waals surface area contributed by atoms with Crippen molar-refractivity contribution in [2.24, 2.45) is 11.8 Å². The lowest BCUT2D eigenvalue weighted by Crippen LogP contribution is -2.26. The van der Waals surface area contributed by atoms with Gasteiger partial charge in [-0.3, -0.25) is 9.59 Å². The van der Waals surface area contributed by atoms with Crippen LogP contribution in [0.25, 0.3) is 0 Å². The molecule has 1 fully saturated rings. The van der Waals surface area contributed by atoms with Crippen LogP contribution >= 0.6 is 11.3 Å². The van der Waals surface area contributed by atoms with Gasteiger partial charge in [-0.25, -0.2) is 0 Å². The summed E-state index contributed by atoms with van der Waals surface area (Å²) in [6.07, 6.45) is 2.98. The number of thiophene rings is 1. The molecule has 2 rings (SSSR count). The maximum Gasteiger partial charge on any atom is 0.261 e. The maximum atomic E-state index is 12.0. The SMILES string of the molecule is CC(C)CCOCCNC(=O)c1ccc(NC(=O)C2CC2)s1. The minimum Gasteiger partial charge on any atom is -0.380 e. The first-order valence-electron chi connectivity index (χ1n) is 7.83. The van der Waals surface area contributed by atoms with Gasteiger partial charge in [-0.1, -0.05) is 13.8 Å². The quantitative estimate of drug-likeness (QED) is 0.686. The predicted octanol–water partition coefficient (Wildman–Crippen LogP) is 2.89. The zero-order valence-electron chi connectivity index (χ0n) is 13.2. The molecule has 0 spiro atoms. The van der Waals surface area contributed by atoms with Gasteiger partial charge < -0.3 is 15.4 Å². The number of carbonyl (C=O) groups is 2. The van der Waals surface area contributed by atoms with Gasteiger partial charge in [0.1, 0.15) is 0 Å². The monoisotopic (exact) mass is 324 g/mol. The van der Waals surface area contributed by atoms with Crippen LogP contribution in [0.15, 0.2) is 12.1 Å². The van der Waals surface area contributed by atoms with Gasteiger partial charge in [-0.2, -0.15) is 0 Å². The fourth-order valence-corrected chi connectivity index (χ4v) is 2.67. The molecule has 22 heavy (non-hydrogen) atoms. The Morgan fingerprint density at radius 3 is 2.77 bits per heavy atom. The molecule has 0 aliphatic heterocycles. The molecule has 1 aromatic rings. The summed E-state index contributed by atoms with van der Waals surface area (Å²) in [6.45, 7) is 6.06. The Bertz CT molecular complexity index is 509. The summed E-state index contributed by atoms with van der Waals surface area (Å²) in [6, 6.07) is 3.52. The van der Waals surface area contributed by atoms with E-state index < -0.39 is 0 Å². The smallest absolute Gasteiger partial charge is 0.261 e. The number of amides is 2. The molecule has 1 aromatic heterocycles. The molecule has 0 radical (unpaired) electrons. The highest BCUT2D eigenvalue weighted by Gasteiger charge is 2.29. The number of hydrogen-bond donors (Lipinski definition) is 2. The highest BCUT2D eigenvalue weighted by molar-refractivity contribution is 7.18. The summed E-state index contributed by atoms with van der Waals surface area (Å²) in [5.41, 5.74) is 0. The van der Waals surface area contributed by atoms with Crippen molar-refractivity contribution in [3.8, 4) is 0 Å². The number of carbonyl (C=O) groups excluding carboxylic acids is 2. The first kappa shape index (κ1) is 17.0. The average Bonchev–Trinajstić information content (AvgIpc) is 3.22. The van der Waals surface area contributed by atoms with Gasteiger partial charge in [-0.05, 0) is 37.3 Å². The van der Waals surface area contributed by atoms with Crippen molar-refractivity contribution < 1.29 is 14.3 Å². The summed E-state index contributed by atoms with van der Waals surface area (Å²) >= 11 is 1.30. The summed E-state index contributed by atoms with van der Waals surface area (Å²) < 4.78 is 5.45. The van der Waals surface area contributed by atoms with E-state index in [1.165, 1.54) is 11.3 Å². The minimum atomic E-state index is -0.121. The summed E-state index contributed by atoms with van der Waals surface area (Å²) in [5.74, 6) is 0.740. The summed E-state index contributed by atoms with van der Waals surface area (Å²) in [4.78, 5) is 24.2. The lowest BCUT2D eigenvalue weighted by molar-refractivity contribution is -0.117. The van der Waals surface area contributed by atoms with Gasteiger partial charge in [0.05, 0.1) is 16.5 Å². The first-order valence-corrected chi connectivity index (χ1v) is 8.64. The fourth-order valence-electron chi connectivity index (χ4n) is 1.84. The number of rotatable bonds is 9. The second kappa shape index (κ2) is 8.29. The third-order valence-electron chi connectivity index (χ3n) is 3.40. The Kier molecular flexibility index (Phi) is 6.39. The number of nitrogens with one attached hydrogen (secondary N) is 2. The van der Waals surface area contributed by atoms with E-state index >= 15 is 0 Å². The lowest BCUT2D eigenvalue weighted by Gasteiger charge is -2.07. The van der Waals surface area contributed by atoms with Gasteiger partial charge in [0.2, 0.25) is 5.91 Å². The molecule has 1 aliphatic rings. The van der Waals surface area contributed by atoms with E-state index in [9.17, 15) is 9.59 Å². The maximum absolute atomic E-state index is 12.0. The Hall–Kier alpha value is -1.40. The third-order valence-corrected chi connectivity index (χ3v) is 4.40. The second-order valence-electron chi connectivity index (χ2n) is 5.98. The van der Waals surface area contributed by atoms with Gasteiger partial charge in [0.25, 0.3) is 5.91 Å². The molecule has 0 unspecified atom stereocenters. The molecular weight excluding hydrogens is 300 g/mol. The van der Waals surface area contributed by atoms with E-state index in [1.807, 2.05) is 0 Å². The van der Waals surface area contributed by atoms with Crippen molar-refractivity contribution in [3.05, 3.63) is 17.0 Å². The van der Waals surface area contributed by atoms with Crippen LogP contribution < -0.4 is 10.6 Å². The van der Waals surface area contributed by atoms with E-state index in [4.69, 9.17) is 4.74 Å². The van der Waals surface area contributed by atoms with Crippen LogP contribution in [-0.2, 0) is 9.53 Å². The molecule has 0 saturated heterocycles. The molecule has 1 heterocycles. The van der Waals surface area contributed by atoms with Crippen LogP contribution in [-0.4, -0.2) is 31.6 Å². The lowest BCUT2D eigenvalue weighted by atomic mass is 10.1. The molecule has 1 saturated carbocycles. The largest absolute Gasteiger partial charge is 0.380 e. The number of ether oxygens (including phenoxy) is 1. The van der Waals surface area contributed by atoms with E-state index in [0.29, 0.717) is 23.9 Å². The molecule has 0 atom stereocenters. The predicted molar refractivity (Wildman–Crippen MR) is 88.3 cm³/mol. The summed E-state index contributed by atoms with van der Waals surface area (Å²) in [5, 5.41) is 6.40. The molecular formula is C16H24N2O3S. The Labute approximate surface area is 135 Å². The zero-order chi connectivity index (χ0) is 15.9. The van der Waals surface area contributed by atoms with Crippen molar-refractivity contribution in [2.45, 2.75) is 33.1 Å². The highest BCUT2D eigenvalue weighted by Crippen LogP contribution is 2.31. The van der Waals surface area contributed by atoms with Crippen LogP contribution in [0.4, 0.5) is 5.00 Å². The number of anilines is 1. The fraction of sp³-hybridized carbons (Fsp3) is 0.625. The Balaban J connectivity index is 1.64. The van der Waals surface area contributed by atoms with Crippen LogP contribution in [0.2, 0.25) is 0 Å². The molecule has 2 amide bonds.